The number of fused-ring (bicyclic) bond motifs is 1. The summed E-state index contributed by atoms with van der Waals surface area (Å²) < 4.78 is 14.3. The number of rotatable bonds is 4. The smallest absolute Gasteiger partial charge is 0.186 e. The molecule has 3 aromatic rings. The number of hydrogen-bond acceptors (Lipinski definition) is 4. The maximum atomic E-state index is 13.3. The van der Waals surface area contributed by atoms with Crippen LogP contribution in [0.15, 0.2) is 54.6 Å². The molecule has 4 rings (SSSR count). The van der Waals surface area contributed by atoms with E-state index in [-0.39, 0.29) is 5.82 Å². The number of thiazole rings is 1. The number of piperazine rings is 1. The molecule has 2 aromatic carbocycles. The molecular formula is C20H20FN3S. The van der Waals surface area contributed by atoms with Crippen LogP contribution in [0.3, 0.4) is 0 Å². The van der Waals surface area contributed by atoms with Crippen molar-refractivity contribution < 1.29 is 4.39 Å². The summed E-state index contributed by atoms with van der Waals surface area (Å²) in [5, 5.41) is 1.00. The van der Waals surface area contributed by atoms with E-state index in [0.29, 0.717) is 0 Å². The Bertz CT molecular complexity index is 867. The fourth-order valence-electron chi connectivity index (χ4n) is 3.05. The van der Waals surface area contributed by atoms with Gasteiger partial charge in [-0.15, -0.1) is 0 Å². The van der Waals surface area contributed by atoms with Crippen LogP contribution in [0.5, 0.6) is 0 Å². The van der Waals surface area contributed by atoms with Crippen molar-refractivity contribution in [2.45, 2.75) is 0 Å². The van der Waals surface area contributed by atoms with Gasteiger partial charge in [-0.3, -0.25) is 4.90 Å². The van der Waals surface area contributed by atoms with Crippen LogP contribution in [-0.4, -0.2) is 42.6 Å². The molecular weight excluding hydrogens is 333 g/mol. The molecule has 1 aliphatic heterocycles. The minimum absolute atomic E-state index is 0.197. The molecule has 0 bridgehead atoms. The third-order valence-electron chi connectivity index (χ3n) is 4.46. The average molecular weight is 353 g/mol. The van der Waals surface area contributed by atoms with Crippen molar-refractivity contribution in [2.75, 3.05) is 37.6 Å². The van der Waals surface area contributed by atoms with Gasteiger partial charge in [-0.2, -0.15) is 0 Å². The Morgan fingerprint density at radius 2 is 1.84 bits per heavy atom. The van der Waals surface area contributed by atoms with Gasteiger partial charge in [0.1, 0.15) is 5.82 Å². The van der Waals surface area contributed by atoms with Crippen molar-refractivity contribution in [3.63, 3.8) is 0 Å². The Morgan fingerprint density at radius 3 is 2.64 bits per heavy atom. The van der Waals surface area contributed by atoms with Crippen molar-refractivity contribution in [2.24, 2.45) is 0 Å². The molecule has 1 aliphatic rings. The first-order valence-corrected chi connectivity index (χ1v) is 9.34. The number of benzene rings is 2. The van der Waals surface area contributed by atoms with Crippen LogP contribution >= 0.6 is 11.3 Å². The van der Waals surface area contributed by atoms with E-state index >= 15 is 0 Å². The molecule has 0 atom stereocenters. The monoisotopic (exact) mass is 353 g/mol. The first-order chi connectivity index (χ1) is 12.3. The number of halogens is 1. The van der Waals surface area contributed by atoms with E-state index in [1.165, 1.54) is 11.6 Å². The van der Waals surface area contributed by atoms with Crippen LogP contribution in [-0.2, 0) is 0 Å². The molecule has 2 heterocycles. The summed E-state index contributed by atoms with van der Waals surface area (Å²) in [5.41, 5.74) is 2.12. The second-order valence-corrected chi connectivity index (χ2v) is 7.22. The third-order valence-corrected chi connectivity index (χ3v) is 5.53. The van der Waals surface area contributed by atoms with Gasteiger partial charge in [-0.25, -0.2) is 9.37 Å². The third kappa shape index (κ3) is 3.89. The van der Waals surface area contributed by atoms with Crippen molar-refractivity contribution in [3.05, 3.63) is 66.0 Å². The highest BCUT2D eigenvalue weighted by Gasteiger charge is 2.19. The predicted molar refractivity (Wildman–Crippen MR) is 104 cm³/mol. The molecule has 128 valence electrons. The van der Waals surface area contributed by atoms with Crippen LogP contribution in [0.1, 0.15) is 5.56 Å². The number of hydrogen-bond donors (Lipinski definition) is 0. The van der Waals surface area contributed by atoms with Crippen LogP contribution in [0, 0.1) is 5.82 Å². The lowest BCUT2D eigenvalue weighted by Gasteiger charge is -2.33. The Kier molecular flexibility index (Phi) is 4.76. The molecule has 0 unspecified atom stereocenters. The highest BCUT2D eigenvalue weighted by molar-refractivity contribution is 7.22. The highest BCUT2D eigenvalue weighted by atomic mass is 32.1. The van der Waals surface area contributed by atoms with E-state index in [0.717, 1.165) is 48.1 Å². The van der Waals surface area contributed by atoms with E-state index in [9.17, 15) is 4.39 Å². The lowest BCUT2D eigenvalue weighted by atomic mass is 10.2. The standard InChI is InChI=1S/C20H20FN3S/c21-17-8-9-18-19(15-17)25-20(22-18)24-13-11-23(12-14-24)10-4-7-16-5-2-1-3-6-16/h1-9,15H,10-14H2/b7-4+. The first kappa shape index (κ1) is 16.2. The molecule has 0 radical (unpaired) electrons. The molecule has 0 aliphatic carbocycles. The summed E-state index contributed by atoms with van der Waals surface area (Å²) in [7, 11) is 0. The minimum Gasteiger partial charge on any atom is -0.345 e. The number of anilines is 1. The largest absolute Gasteiger partial charge is 0.345 e. The van der Waals surface area contributed by atoms with Crippen molar-refractivity contribution in [1.29, 1.82) is 0 Å². The number of nitrogens with zero attached hydrogens (tertiary/aromatic N) is 3. The molecule has 0 saturated carbocycles. The van der Waals surface area contributed by atoms with Crippen LogP contribution in [0.2, 0.25) is 0 Å². The predicted octanol–water partition coefficient (Wildman–Crippen LogP) is 4.27. The lowest BCUT2D eigenvalue weighted by molar-refractivity contribution is 0.284. The summed E-state index contributed by atoms with van der Waals surface area (Å²) in [6.45, 7) is 4.92. The van der Waals surface area contributed by atoms with Gasteiger partial charge in [0, 0.05) is 32.7 Å². The first-order valence-electron chi connectivity index (χ1n) is 8.53. The lowest BCUT2D eigenvalue weighted by Crippen LogP contribution is -2.46. The topological polar surface area (TPSA) is 19.4 Å². The van der Waals surface area contributed by atoms with Crippen LogP contribution < -0.4 is 4.90 Å². The molecule has 5 heteroatoms. The van der Waals surface area contributed by atoms with E-state index in [2.05, 4.69) is 51.2 Å². The molecule has 1 aromatic heterocycles. The van der Waals surface area contributed by atoms with E-state index in [1.54, 1.807) is 23.5 Å². The van der Waals surface area contributed by atoms with Crippen LogP contribution in [0.4, 0.5) is 9.52 Å². The van der Waals surface area contributed by atoms with Gasteiger partial charge in [-0.05, 0) is 23.8 Å². The van der Waals surface area contributed by atoms with E-state index in [1.807, 2.05) is 6.07 Å². The van der Waals surface area contributed by atoms with E-state index in [4.69, 9.17) is 0 Å². The van der Waals surface area contributed by atoms with Crippen molar-refractivity contribution >= 4 is 32.8 Å². The van der Waals surface area contributed by atoms with E-state index < -0.39 is 0 Å². The van der Waals surface area contributed by atoms with Gasteiger partial charge < -0.3 is 4.90 Å². The highest BCUT2D eigenvalue weighted by Crippen LogP contribution is 2.29. The van der Waals surface area contributed by atoms with Gasteiger partial charge >= 0.3 is 0 Å². The molecule has 1 saturated heterocycles. The number of aromatic nitrogens is 1. The average Bonchev–Trinajstić information content (AvgIpc) is 3.06. The van der Waals surface area contributed by atoms with Crippen LogP contribution in [0.25, 0.3) is 16.3 Å². The Balaban J connectivity index is 1.33. The zero-order valence-corrected chi connectivity index (χ0v) is 14.8. The molecule has 1 fully saturated rings. The summed E-state index contributed by atoms with van der Waals surface area (Å²) in [5.74, 6) is -0.197. The normalized spacial score (nSPS) is 16.1. The molecule has 0 amide bonds. The maximum Gasteiger partial charge on any atom is 0.186 e. The Labute approximate surface area is 151 Å². The second kappa shape index (κ2) is 7.33. The quantitative estimate of drug-likeness (QED) is 0.698. The SMILES string of the molecule is Fc1ccc2nc(N3CCN(C/C=C/c4ccccc4)CC3)sc2c1. The second-order valence-electron chi connectivity index (χ2n) is 6.21. The molecule has 0 spiro atoms. The Morgan fingerprint density at radius 1 is 1.04 bits per heavy atom. The van der Waals surface area contributed by atoms with Gasteiger partial charge in [0.15, 0.2) is 5.13 Å². The summed E-state index contributed by atoms with van der Waals surface area (Å²) >= 11 is 1.58. The molecule has 0 N–H and O–H groups in total. The summed E-state index contributed by atoms with van der Waals surface area (Å²) in [6, 6.07) is 15.2. The van der Waals surface area contributed by atoms with Crippen molar-refractivity contribution in [3.8, 4) is 0 Å². The maximum absolute atomic E-state index is 13.3. The molecule has 25 heavy (non-hydrogen) atoms. The van der Waals surface area contributed by atoms with Crippen molar-refractivity contribution in [1.82, 2.24) is 9.88 Å². The fourth-order valence-corrected chi connectivity index (χ4v) is 4.09. The van der Waals surface area contributed by atoms with Gasteiger partial charge in [0.05, 0.1) is 10.2 Å². The van der Waals surface area contributed by atoms with Gasteiger partial charge in [0.2, 0.25) is 0 Å². The van der Waals surface area contributed by atoms with Gasteiger partial charge in [0.25, 0.3) is 0 Å². The molecule has 3 nitrogen and oxygen atoms in total. The Hall–Kier alpha value is -2.24. The van der Waals surface area contributed by atoms with Gasteiger partial charge in [-0.1, -0.05) is 53.8 Å². The zero-order chi connectivity index (χ0) is 17.1. The summed E-state index contributed by atoms with van der Waals surface area (Å²) in [6.07, 6.45) is 4.40. The zero-order valence-electron chi connectivity index (χ0n) is 13.9. The minimum atomic E-state index is -0.197. The fraction of sp³-hybridized carbons (Fsp3) is 0.250. The summed E-state index contributed by atoms with van der Waals surface area (Å²) in [4.78, 5) is 9.40.